The van der Waals surface area contributed by atoms with Crippen LogP contribution in [0.5, 0.6) is 5.75 Å². The second-order valence-corrected chi connectivity index (χ2v) is 8.38. The Hall–Kier alpha value is -2.78. The lowest BCUT2D eigenvalue weighted by atomic mass is 9.69. The summed E-state index contributed by atoms with van der Waals surface area (Å²) in [5.74, 6) is -1.79. The third-order valence-corrected chi connectivity index (χ3v) is 6.26. The maximum Gasteiger partial charge on any atom is 0.419 e. The SMILES string of the molecule is CC[C@@H]1C[C@](O)(C(F)(F)F)C(Nc2ccc(F)c3[nH]c(=O)ccc23)c2cc(Cl)cc(O)c21. The van der Waals surface area contributed by atoms with Crippen LogP contribution < -0.4 is 10.9 Å². The molecular weight excluding hydrogens is 452 g/mol. The van der Waals surface area contributed by atoms with Gasteiger partial charge in [0.25, 0.3) is 0 Å². The number of aliphatic hydroxyl groups is 1. The van der Waals surface area contributed by atoms with Gasteiger partial charge in [0.1, 0.15) is 11.6 Å². The van der Waals surface area contributed by atoms with Crippen LogP contribution in [0, 0.1) is 5.82 Å². The number of alkyl halides is 3. The number of benzene rings is 2. The van der Waals surface area contributed by atoms with Crippen molar-refractivity contribution in [3.63, 3.8) is 0 Å². The molecule has 4 N–H and O–H groups in total. The molecule has 1 heterocycles. The van der Waals surface area contributed by atoms with Crippen molar-refractivity contribution < 1.29 is 27.8 Å². The lowest BCUT2D eigenvalue weighted by Crippen LogP contribution is -2.55. The molecule has 0 saturated carbocycles. The highest BCUT2D eigenvalue weighted by atomic mass is 35.5. The summed E-state index contributed by atoms with van der Waals surface area (Å²) in [5, 5.41) is 24.3. The Morgan fingerprint density at radius 1 is 1.25 bits per heavy atom. The summed E-state index contributed by atoms with van der Waals surface area (Å²) in [7, 11) is 0. The molecule has 5 nitrogen and oxygen atoms in total. The Kier molecular flexibility index (Phi) is 5.37. The summed E-state index contributed by atoms with van der Waals surface area (Å²) < 4.78 is 56.9. The number of aromatic amines is 1. The molecule has 3 aromatic rings. The molecule has 0 saturated heterocycles. The fraction of sp³-hybridized carbons (Fsp3) is 0.318. The van der Waals surface area contributed by atoms with Crippen LogP contribution in [-0.4, -0.2) is 27.0 Å². The van der Waals surface area contributed by atoms with Gasteiger partial charge < -0.3 is 20.5 Å². The van der Waals surface area contributed by atoms with Crippen LogP contribution in [0.3, 0.4) is 0 Å². The molecule has 10 heteroatoms. The van der Waals surface area contributed by atoms with Gasteiger partial charge in [-0.15, -0.1) is 0 Å². The number of hydrogen-bond acceptors (Lipinski definition) is 4. The van der Waals surface area contributed by atoms with Crippen LogP contribution in [0.2, 0.25) is 5.02 Å². The number of halogens is 5. The average Bonchev–Trinajstić information content (AvgIpc) is 2.70. The van der Waals surface area contributed by atoms with E-state index in [0.717, 1.165) is 12.1 Å². The first-order valence-electron chi connectivity index (χ1n) is 9.85. The van der Waals surface area contributed by atoms with E-state index < -0.39 is 41.5 Å². The van der Waals surface area contributed by atoms with Gasteiger partial charge >= 0.3 is 6.18 Å². The van der Waals surface area contributed by atoms with Crippen molar-refractivity contribution >= 4 is 28.2 Å². The van der Waals surface area contributed by atoms with E-state index in [-0.39, 0.29) is 44.9 Å². The molecule has 170 valence electrons. The number of fused-ring (bicyclic) bond motifs is 2. The monoisotopic (exact) mass is 470 g/mol. The van der Waals surface area contributed by atoms with Gasteiger partial charge in [-0.1, -0.05) is 18.5 Å². The third-order valence-electron chi connectivity index (χ3n) is 6.04. The van der Waals surface area contributed by atoms with Crippen molar-refractivity contribution in [1.82, 2.24) is 4.98 Å². The molecule has 0 aliphatic heterocycles. The van der Waals surface area contributed by atoms with Crippen LogP contribution >= 0.6 is 11.6 Å². The van der Waals surface area contributed by atoms with Crippen molar-refractivity contribution in [2.24, 2.45) is 0 Å². The molecule has 0 fully saturated rings. The number of phenolic OH excluding ortho intramolecular Hbond substituents is 1. The molecule has 2 aromatic carbocycles. The minimum Gasteiger partial charge on any atom is -0.508 e. The van der Waals surface area contributed by atoms with Crippen LogP contribution in [0.4, 0.5) is 23.2 Å². The molecular formula is C22H19ClF4N2O3. The Balaban J connectivity index is 1.96. The fourth-order valence-electron chi connectivity index (χ4n) is 4.48. The molecule has 0 amide bonds. The molecule has 0 bridgehead atoms. The van der Waals surface area contributed by atoms with Crippen LogP contribution in [-0.2, 0) is 0 Å². The van der Waals surface area contributed by atoms with Gasteiger partial charge in [0.05, 0.1) is 11.6 Å². The smallest absolute Gasteiger partial charge is 0.419 e. The van der Waals surface area contributed by atoms with E-state index in [1.807, 2.05) is 0 Å². The largest absolute Gasteiger partial charge is 0.508 e. The standard InChI is InChI=1S/C22H19ClF4N2O3/c1-2-10-9-21(32,22(25,26)27)20(13-7-11(23)8-16(30)18(10)13)28-15-5-4-14(24)19-12(15)3-6-17(31)29-19/h3-8,10,20,28,30,32H,2,9H2,1H3,(H,29,31)/t10-,20?,21-/m1/s1. The number of aromatic hydroxyl groups is 1. The first kappa shape index (κ1) is 22.4. The number of pyridine rings is 1. The highest BCUT2D eigenvalue weighted by molar-refractivity contribution is 6.30. The highest BCUT2D eigenvalue weighted by Gasteiger charge is 2.62. The van der Waals surface area contributed by atoms with E-state index in [4.69, 9.17) is 11.6 Å². The zero-order chi connectivity index (χ0) is 23.4. The number of rotatable bonds is 3. The summed E-state index contributed by atoms with van der Waals surface area (Å²) in [5.41, 5.74) is -3.65. The molecule has 1 aromatic heterocycles. The number of phenols is 1. The van der Waals surface area contributed by atoms with E-state index >= 15 is 0 Å². The predicted octanol–water partition coefficient (Wildman–Crippen LogP) is 5.37. The summed E-state index contributed by atoms with van der Waals surface area (Å²) in [4.78, 5) is 13.9. The second-order valence-electron chi connectivity index (χ2n) is 7.94. The van der Waals surface area contributed by atoms with Gasteiger partial charge in [-0.2, -0.15) is 13.2 Å². The first-order valence-corrected chi connectivity index (χ1v) is 10.2. The van der Waals surface area contributed by atoms with Gasteiger partial charge in [0.2, 0.25) is 5.56 Å². The number of anilines is 1. The molecule has 1 aliphatic rings. The number of nitrogens with one attached hydrogen (secondary N) is 2. The zero-order valence-electron chi connectivity index (χ0n) is 16.7. The number of aromatic nitrogens is 1. The first-order chi connectivity index (χ1) is 15.0. The molecule has 1 unspecified atom stereocenters. The van der Waals surface area contributed by atoms with E-state index in [9.17, 15) is 32.6 Å². The summed E-state index contributed by atoms with van der Waals surface area (Å²) >= 11 is 6.04. The molecule has 3 atom stereocenters. The predicted molar refractivity (Wildman–Crippen MR) is 113 cm³/mol. The van der Waals surface area contributed by atoms with Crippen molar-refractivity contribution in [3.8, 4) is 5.75 Å². The van der Waals surface area contributed by atoms with Gasteiger partial charge in [0.15, 0.2) is 5.60 Å². The molecule has 0 radical (unpaired) electrons. The van der Waals surface area contributed by atoms with Crippen molar-refractivity contribution in [2.45, 2.75) is 43.5 Å². The Morgan fingerprint density at radius 3 is 2.62 bits per heavy atom. The van der Waals surface area contributed by atoms with Crippen molar-refractivity contribution in [2.75, 3.05) is 5.32 Å². The molecule has 4 rings (SSSR count). The topological polar surface area (TPSA) is 85.4 Å². The summed E-state index contributed by atoms with van der Waals surface area (Å²) in [6.45, 7) is 1.66. The summed E-state index contributed by atoms with van der Waals surface area (Å²) in [6, 6.07) is 5.39. The van der Waals surface area contributed by atoms with Crippen LogP contribution in [0.25, 0.3) is 10.9 Å². The van der Waals surface area contributed by atoms with E-state index in [0.29, 0.717) is 0 Å². The van der Waals surface area contributed by atoms with Crippen LogP contribution in [0.15, 0.2) is 41.2 Å². The van der Waals surface area contributed by atoms with E-state index in [2.05, 4.69) is 10.3 Å². The van der Waals surface area contributed by atoms with Crippen molar-refractivity contribution in [1.29, 1.82) is 0 Å². The lowest BCUT2D eigenvalue weighted by Gasteiger charge is -2.46. The van der Waals surface area contributed by atoms with E-state index in [1.165, 1.54) is 24.3 Å². The minimum absolute atomic E-state index is 0.00243. The average molecular weight is 471 g/mol. The minimum atomic E-state index is -5.03. The Bertz CT molecular complexity index is 1260. The fourth-order valence-corrected chi connectivity index (χ4v) is 4.70. The Morgan fingerprint density at radius 2 is 1.97 bits per heavy atom. The van der Waals surface area contributed by atoms with Gasteiger partial charge in [0, 0.05) is 27.7 Å². The maximum atomic E-state index is 14.2. The number of hydrogen-bond donors (Lipinski definition) is 4. The summed E-state index contributed by atoms with van der Waals surface area (Å²) in [6.07, 6.45) is -5.48. The van der Waals surface area contributed by atoms with Gasteiger partial charge in [-0.05, 0) is 54.7 Å². The molecule has 32 heavy (non-hydrogen) atoms. The number of H-pyrrole nitrogens is 1. The highest BCUT2D eigenvalue weighted by Crippen LogP contribution is 2.55. The zero-order valence-corrected chi connectivity index (χ0v) is 17.5. The second kappa shape index (κ2) is 7.67. The van der Waals surface area contributed by atoms with Gasteiger partial charge in [-0.25, -0.2) is 4.39 Å². The van der Waals surface area contributed by atoms with E-state index in [1.54, 1.807) is 6.92 Å². The Labute approximate surface area is 184 Å². The quantitative estimate of drug-likeness (QED) is 0.388. The van der Waals surface area contributed by atoms with Crippen molar-refractivity contribution in [3.05, 3.63) is 68.7 Å². The normalized spacial score (nSPS) is 23.2. The van der Waals surface area contributed by atoms with Crippen LogP contribution in [0.1, 0.15) is 42.9 Å². The molecule has 1 aliphatic carbocycles. The van der Waals surface area contributed by atoms with Gasteiger partial charge in [-0.3, -0.25) is 4.79 Å². The molecule has 0 spiro atoms. The maximum absolute atomic E-state index is 14.2. The third kappa shape index (κ3) is 3.49. The lowest BCUT2D eigenvalue weighted by molar-refractivity contribution is -0.272.